The van der Waals surface area contributed by atoms with E-state index >= 15 is 0 Å². The van der Waals surface area contributed by atoms with Gasteiger partial charge in [-0.25, -0.2) is 0 Å². The minimum atomic E-state index is -0.392. The molecule has 1 fully saturated rings. The summed E-state index contributed by atoms with van der Waals surface area (Å²) in [5.74, 6) is -0.742. The highest BCUT2D eigenvalue weighted by molar-refractivity contribution is 5.99. The van der Waals surface area contributed by atoms with Gasteiger partial charge in [-0.1, -0.05) is 6.07 Å². The molecule has 0 bridgehead atoms. The Morgan fingerprint density at radius 2 is 2.00 bits per heavy atom. The maximum atomic E-state index is 12.1. The summed E-state index contributed by atoms with van der Waals surface area (Å²) >= 11 is 0. The topological polar surface area (TPSA) is 81.0 Å². The van der Waals surface area contributed by atoms with E-state index < -0.39 is 5.91 Å². The monoisotopic (exact) mass is 237 g/mol. The molecular formula is C12H15NO4. The quantitative estimate of drug-likeness (QED) is 0.701. The highest BCUT2D eigenvalue weighted by Crippen LogP contribution is 2.29. The van der Waals surface area contributed by atoms with Gasteiger partial charge in [0.2, 0.25) is 0 Å². The summed E-state index contributed by atoms with van der Waals surface area (Å²) in [5, 5.41) is 28.2. The number of amides is 1. The van der Waals surface area contributed by atoms with E-state index in [1.165, 1.54) is 23.1 Å². The molecule has 0 aliphatic carbocycles. The van der Waals surface area contributed by atoms with Crippen molar-refractivity contribution in [3.8, 4) is 11.5 Å². The average Bonchev–Trinajstić information content (AvgIpc) is 2.77. The first kappa shape index (κ1) is 11.7. The SMILES string of the molecule is O=C(c1c(O)cccc1O)N1CCC(CO)C1. The van der Waals surface area contributed by atoms with E-state index in [-0.39, 0.29) is 29.6 Å². The molecule has 1 aromatic rings. The fraction of sp³-hybridized carbons (Fsp3) is 0.417. The smallest absolute Gasteiger partial charge is 0.261 e. The molecule has 0 saturated carbocycles. The molecule has 92 valence electrons. The van der Waals surface area contributed by atoms with Crippen molar-refractivity contribution in [2.45, 2.75) is 6.42 Å². The number of phenolic OH excluding ortho intramolecular Hbond substituents is 2. The molecule has 5 heteroatoms. The molecule has 0 spiro atoms. The summed E-state index contributed by atoms with van der Waals surface area (Å²) < 4.78 is 0. The summed E-state index contributed by atoms with van der Waals surface area (Å²) in [6.45, 7) is 1.05. The van der Waals surface area contributed by atoms with E-state index in [4.69, 9.17) is 5.11 Å². The third-order valence-electron chi connectivity index (χ3n) is 3.07. The number of nitrogens with zero attached hydrogens (tertiary/aromatic N) is 1. The predicted octanol–water partition coefficient (Wildman–Crippen LogP) is 0.552. The van der Waals surface area contributed by atoms with Crippen LogP contribution in [0, 0.1) is 5.92 Å². The Balaban J connectivity index is 2.21. The third-order valence-corrected chi connectivity index (χ3v) is 3.07. The highest BCUT2D eigenvalue weighted by atomic mass is 16.3. The van der Waals surface area contributed by atoms with Crippen molar-refractivity contribution in [1.29, 1.82) is 0 Å². The number of aliphatic hydroxyl groups is 1. The summed E-state index contributed by atoms with van der Waals surface area (Å²) in [4.78, 5) is 13.6. The van der Waals surface area contributed by atoms with Crippen LogP contribution in [0.2, 0.25) is 0 Å². The number of aromatic hydroxyl groups is 2. The van der Waals surface area contributed by atoms with E-state index in [0.717, 1.165) is 6.42 Å². The van der Waals surface area contributed by atoms with Crippen LogP contribution in [-0.4, -0.2) is 45.8 Å². The Morgan fingerprint density at radius 3 is 2.53 bits per heavy atom. The third kappa shape index (κ3) is 2.19. The number of likely N-dealkylation sites (tertiary alicyclic amines) is 1. The zero-order chi connectivity index (χ0) is 12.4. The normalized spacial score (nSPS) is 19.6. The lowest BCUT2D eigenvalue weighted by atomic mass is 10.1. The Bertz CT molecular complexity index is 412. The Morgan fingerprint density at radius 1 is 1.35 bits per heavy atom. The van der Waals surface area contributed by atoms with Crippen LogP contribution in [0.25, 0.3) is 0 Å². The Labute approximate surface area is 98.9 Å². The summed E-state index contributed by atoms with van der Waals surface area (Å²) in [6.07, 6.45) is 0.747. The first-order chi connectivity index (χ1) is 8.13. The lowest BCUT2D eigenvalue weighted by Crippen LogP contribution is -2.29. The van der Waals surface area contributed by atoms with Crippen molar-refractivity contribution < 1.29 is 20.1 Å². The molecule has 17 heavy (non-hydrogen) atoms. The van der Waals surface area contributed by atoms with Gasteiger partial charge in [0.05, 0.1) is 0 Å². The van der Waals surface area contributed by atoms with Crippen molar-refractivity contribution in [2.24, 2.45) is 5.92 Å². The van der Waals surface area contributed by atoms with Crippen LogP contribution in [0.4, 0.5) is 0 Å². The zero-order valence-electron chi connectivity index (χ0n) is 9.33. The van der Waals surface area contributed by atoms with Crippen LogP contribution in [0.15, 0.2) is 18.2 Å². The van der Waals surface area contributed by atoms with E-state index in [2.05, 4.69) is 0 Å². The first-order valence-electron chi connectivity index (χ1n) is 5.54. The van der Waals surface area contributed by atoms with Crippen molar-refractivity contribution in [3.05, 3.63) is 23.8 Å². The van der Waals surface area contributed by atoms with Crippen LogP contribution in [0.5, 0.6) is 11.5 Å². The van der Waals surface area contributed by atoms with Crippen LogP contribution in [-0.2, 0) is 0 Å². The van der Waals surface area contributed by atoms with Gasteiger partial charge in [-0.3, -0.25) is 4.79 Å². The highest BCUT2D eigenvalue weighted by Gasteiger charge is 2.29. The number of rotatable bonds is 2. The van der Waals surface area contributed by atoms with Gasteiger partial charge in [0.25, 0.3) is 5.91 Å². The molecule has 0 radical (unpaired) electrons. The number of benzene rings is 1. The largest absolute Gasteiger partial charge is 0.507 e. The molecule has 1 saturated heterocycles. The molecule has 5 nitrogen and oxygen atoms in total. The number of hydrogen-bond donors (Lipinski definition) is 3. The van der Waals surface area contributed by atoms with Gasteiger partial charge in [0.15, 0.2) is 0 Å². The van der Waals surface area contributed by atoms with Crippen LogP contribution in [0.1, 0.15) is 16.8 Å². The van der Waals surface area contributed by atoms with Gasteiger partial charge in [0.1, 0.15) is 17.1 Å². The van der Waals surface area contributed by atoms with Gasteiger partial charge in [0, 0.05) is 25.6 Å². The maximum Gasteiger partial charge on any atom is 0.261 e. The van der Waals surface area contributed by atoms with E-state index in [1.54, 1.807) is 0 Å². The molecule has 1 heterocycles. The minimum Gasteiger partial charge on any atom is -0.507 e. The maximum absolute atomic E-state index is 12.1. The molecule has 1 aromatic carbocycles. The van der Waals surface area contributed by atoms with E-state index in [0.29, 0.717) is 13.1 Å². The van der Waals surface area contributed by atoms with Crippen molar-refractivity contribution in [3.63, 3.8) is 0 Å². The molecule has 3 N–H and O–H groups in total. The number of hydrogen-bond acceptors (Lipinski definition) is 4. The second kappa shape index (κ2) is 4.63. The lowest BCUT2D eigenvalue weighted by Gasteiger charge is -2.17. The van der Waals surface area contributed by atoms with Gasteiger partial charge < -0.3 is 20.2 Å². The zero-order valence-corrected chi connectivity index (χ0v) is 9.33. The van der Waals surface area contributed by atoms with Gasteiger partial charge in [-0.05, 0) is 18.6 Å². The fourth-order valence-corrected chi connectivity index (χ4v) is 2.07. The lowest BCUT2D eigenvalue weighted by molar-refractivity contribution is 0.0775. The van der Waals surface area contributed by atoms with Crippen LogP contribution < -0.4 is 0 Å². The number of phenols is 2. The molecule has 1 atom stereocenters. The molecule has 0 aromatic heterocycles. The first-order valence-corrected chi connectivity index (χ1v) is 5.54. The number of carbonyl (C=O) groups excluding carboxylic acids is 1. The second-order valence-corrected chi connectivity index (χ2v) is 4.26. The van der Waals surface area contributed by atoms with Crippen LogP contribution in [0.3, 0.4) is 0 Å². The summed E-state index contributed by atoms with van der Waals surface area (Å²) in [5.41, 5.74) is -0.0638. The van der Waals surface area contributed by atoms with Crippen LogP contribution >= 0.6 is 0 Å². The standard InChI is InChI=1S/C12H15NO4/c14-7-8-4-5-13(6-8)12(17)11-9(15)2-1-3-10(11)16/h1-3,8,14-16H,4-7H2. The number of carbonyl (C=O) groups is 1. The molecule has 1 unspecified atom stereocenters. The Hall–Kier alpha value is -1.75. The van der Waals surface area contributed by atoms with E-state index in [9.17, 15) is 15.0 Å². The van der Waals surface area contributed by atoms with Gasteiger partial charge in [-0.15, -0.1) is 0 Å². The molecule has 1 amide bonds. The van der Waals surface area contributed by atoms with Crippen molar-refractivity contribution in [1.82, 2.24) is 4.90 Å². The summed E-state index contributed by atoms with van der Waals surface area (Å²) in [6, 6.07) is 4.21. The van der Waals surface area contributed by atoms with Crippen molar-refractivity contribution >= 4 is 5.91 Å². The predicted molar refractivity (Wildman–Crippen MR) is 60.9 cm³/mol. The number of aliphatic hydroxyl groups excluding tert-OH is 1. The summed E-state index contributed by atoms with van der Waals surface area (Å²) in [7, 11) is 0. The minimum absolute atomic E-state index is 0.0521. The van der Waals surface area contributed by atoms with Gasteiger partial charge in [-0.2, -0.15) is 0 Å². The molecule has 1 aliphatic heterocycles. The molecule has 2 rings (SSSR count). The van der Waals surface area contributed by atoms with E-state index in [1.807, 2.05) is 0 Å². The molecule has 1 aliphatic rings. The molecular weight excluding hydrogens is 222 g/mol. The van der Waals surface area contributed by atoms with Crippen molar-refractivity contribution in [2.75, 3.05) is 19.7 Å². The fourth-order valence-electron chi connectivity index (χ4n) is 2.07. The second-order valence-electron chi connectivity index (χ2n) is 4.26. The van der Waals surface area contributed by atoms with Gasteiger partial charge >= 0.3 is 0 Å². The Kier molecular flexibility index (Phi) is 3.19. The average molecular weight is 237 g/mol.